The first-order valence-electron chi connectivity index (χ1n) is 6.33. The quantitative estimate of drug-likeness (QED) is 0.790. The Morgan fingerprint density at radius 3 is 2.56 bits per heavy atom. The van der Waals surface area contributed by atoms with Crippen molar-refractivity contribution in [3.8, 4) is 0 Å². The molecular weight excluding hydrogens is 236 g/mol. The topological polar surface area (TPSA) is 78.9 Å². The number of hydrogen-bond donors (Lipinski definition) is 2. The van der Waals surface area contributed by atoms with Gasteiger partial charge in [-0.05, 0) is 19.8 Å². The molecule has 0 spiro atoms. The van der Waals surface area contributed by atoms with Crippen molar-refractivity contribution in [2.75, 3.05) is 19.7 Å². The maximum atomic E-state index is 12.1. The molecule has 1 unspecified atom stereocenters. The molecule has 2 N–H and O–H groups in total. The zero-order valence-electron chi connectivity index (χ0n) is 11.2. The molecule has 2 amide bonds. The Labute approximate surface area is 107 Å². The Kier molecular flexibility index (Phi) is 4.95. The van der Waals surface area contributed by atoms with Gasteiger partial charge in [0, 0.05) is 12.1 Å². The number of carboxylic acid groups (broad SMARTS) is 1. The molecule has 0 radical (unpaired) electrons. The lowest BCUT2D eigenvalue weighted by Crippen LogP contribution is -2.56. The summed E-state index contributed by atoms with van der Waals surface area (Å²) >= 11 is 0. The van der Waals surface area contributed by atoms with Gasteiger partial charge in [0.15, 0.2) is 6.10 Å². The molecule has 0 aromatic rings. The monoisotopic (exact) mass is 258 g/mol. The minimum atomic E-state index is -1.03. The number of morpholine rings is 1. The van der Waals surface area contributed by atoms with Crippen molar-refractivity contribution >= 4 is 12.0 Å². The molecule has 1 aliphatic heterocycles. The predicted molar refractivity (Wildman–Crippen MR) is 66.5 cm³/mol. The van der Waals surface area contributed by atoms with Gasteiger partial charge in [-0.25, -0.2) is 9.59 Å². The van der Waals surface area contributed by atoms with Crippen LogP contribution in [0, 0.1) is 0 Å². The molecule has 0 bridgehead atoms. The van der Waals surface area contributed by atoms with Crippen LogP contribution >= 0.6 is 0 Å². The SMILES string of the molecule is CCC(C)(CC)NC(=O)N1CCOC(C(=O)O)C1. The number of hydrogen-bond acceptors (Lipinski definition) is 3. The molecule has 1 rings (SSSR count). The van der Waals surface area contributed by atoms with Gasteiger partial charge in [0.05, 0.1) is 13.2 Å². The highest BCUT2D eigenvalue weighted by atomic mass is 16.5. The molecular formula is C12H22N2O4. The Bertz CT molecular complexity index is 315. The first kappa shape index (κ1) is 14.8. The first-order chi connectivity index (χ1) is 8.41. The average Bonchev–Trinajstić information content (AvgIpc) is 2.38. The molecule has 0 aliphatic carbocycles. The van der Waals surface area contributed by atoms with Crippen LogP contribution in [0.5, 0.6) is 0 Å². The van der Waals surface area contributed by atoms with Crippen molar-refractivity contribution in [2.45, 2.75) is 45.3 Å². The summed E-state index contributed by atoms with van der Waals surface area (Å²) in [5.41, 5.74) is -0.242. The largest absolute Gasteiger partial charge is 0.479 e. The fourth-order valence-electron chi connectivity index (χ4n) is 1.75. The molecule has 104 valence electrons. The Morgan fingerprint density at radius 1 is 1.44 bits per heavy atom. The van der Waals surface area contributed by atoms with Crippen LogP contribution in [0.1, 0.15) is 33.6 Å². The van der Waals surface area contributed by atoms with Crippen LogP contribution in [0.15, 0.2) is 0 Å². The molecule has 0 aromatic heterocycles. The number of nitrogens with one attached hydrogen (secondary N) is 1. The number of nitrogens with zero attached hydrogens (tertiary/aromatic N) is 1. The van der Waals surface area contributed by atoms with E-state index in [2.05, 4.69) is 5.32 Å². The van der Waals surface area contributed by atoms with Crippen LogP contribution < -0.4 is 5.32 Å². The summed E-state index contributed by atoms with van der Waals surface area (Å²) in [4.78, 5) is 24.4. The second-order valence-electron chi connectivity index (χ2n) is 4.84. The third-order valence-corrected chi connectivity index (χ3v) is 3.60. The highest BCUT2D eigenvalue weighted by Gasteiger charge is 2.31. The zero-order valence-corrected chi connectivity index (χ0v) is 11.2. The molecule has 1 fully saturated rings. The van der Waals surface area contributed by atoms with Gasteiger partial charge >= 0.3 is 12.0 Å². The van der Waals surface area contributed by atoms with E-state index in [0.717, 1.165) is 12.8 Å². The molecule has 1 heterocycles. The number of ether oxygens (including phenoxy) is 1. The maximum Gasteiger partial charge on any atom is 0.334 e. The van der Waals surface area contributed by atoms with Gasteiger partial charge in [-0.2, -0.15) is 0 Å². The van der Waals surface area contributed by atoms with E-state index < -0.39 is 12.1 Å². The smallest absolute Gasteiger partial charge is 0.334 e. The van der Waals surface area contributed by atoms with Crippen molar-refractivity contribution in [1.82, 2.24) is 10.2 Å². The van der Waals surface area contributed by atoms with Gasteiger partial charge in [0.25, 0.3) is 0 Å². The average molecular weight is 258 g/mol. The van der Waals surface area contributed by atoms with E-state index in [0.29, 0.717) is 6.54 Å². The normalized spacial score (nSPS) is 20.6. The number of carboxylic acids is 1. The van der Waals surface area contributed by atoms with Gasteiger partial charge in [-0.3, -0.25) is 0 Å². The molecule has 6 heteroatoms. The lowest BCUT2D eigenvalue weighted by Gasteiger charge is -2.35. The van der Waals surface area contributed by atoms with Crippen LogP contribution in [0.25, 0.3) is 0 Å². The van der Waals surface area contributed by atoms with Crippen molar-refractivity contribution in [1.29, 1.82) is 0 Å². The zero-order chi connectivity index (χ0) is 13.8. The van der Waals surface area contributed by atoms with Crippen LogP contribution in [-0.2, 0) is 9.53 Å². The number of aliphatic carboxylic acids is 1. The van der Waals surface area contributed by atoms with Gasteiger partial charge in [0.2, 0.25) is 0 Å². The third kappa shape index (κ3) is 3.60. The number of amides is 2. The lowest BCUT2D eigenvalue weighted by molar-refractivity contribution is -0.154. The second-order valence-corrected chi connectivity index (χ2v) is 4.84. The summed E-state index contributed by atoms with van der Waals surface area (Å²) in [6.45, 7) is 6.81. The summed E-state index contributed by atoms with van der Waals surface area (Å²) in [5, 5.41) is 11.8. The fourth-order valence-corrected chi connectivity index (χ4v) is 1.75. The lowest BCUT2D eigenvalue weighted by atomic mass is 9.96. The van der Waals surface area contributed by atoms with Crippen LogP contribution in [-0.4, -0.2) is 53.3 Å². The Morgan fingerprint density at radius 2 is 2.06 bits per heavy atom. The van der Waals surface area contributed by atoms with Crippen LogP contribution in [0.4, 0.5) is 4.79 Å². The molecule has 1 aliphatic rings. The minimum Gasteiger partial charge on any atom is -0.479 e. The number of carbonyl (C=O) groups is 2. The summed E-state index contributed by atoms with van der Waals surface area (Å²) in [6.07, 6.45) is 0.753. The minimum absolute atomic E-state index is 0.102. The molecule has 0 aromatic carbocycles. The van der Waals surface area contributed by atoms with E-state index in [4.69, 9.17) is 9.84 Å². The maximum absolute atomic E-state index is 12.1. The van der Waals surface area contributed by atoms with Crippen LogP contribution in [0.2, 0.25) is 0 Å². The molecule has 0 saturated carbocycles. The van der Waals surface area contributed by atoms with E-state index >= 15 is 0 Å². The van der Waals surface area contributed by atoms with E-state index in [1.54, 1.807) is 0 Å². The Hall–Kier alpha value is -1.30. The van der Waals surface area contributed by atoms with Gasteiger partial charge in [-0.1, -0.05) is 13.8 Å². The van der Waals surface area contributed by atoms with E-state index in [1.165, 1.54) is 4.90 Å². The summed E-state index contributed by atoms with van der Waals surface area (Å²) in [7, 11) is 0. The number of carbonyl (C=O) groups excluding carboxylic acids is 1. The molecule has 6 nitrogen and oxygen atoms in total. The van der Waals surface area contributed by atoms with E-state index in [-0.39, 0.29) is 24.7 Å². The number of rotatable bonds is 4. The van der Waals surface area contributed by atoms with Gasteiger partial charge in [0.1, 0.15) is 0 Å². The van der Waals surface area contributed by atoms with Gasteiger partial charge in [-0.15, -0.1) is 0 Å². The van der Waals surface area contributed by atoms with E-state index in [9.17, 15) is 9.59 Å². The standard InChI is InChI=1S/C12H22N2O4/c1-4-12(3,5-2)13-11(17)14-6-7-18-9(8-14)10(15)16/h9H,4-8H2,1-3H3,(H,13,17)(H,15,16). The molecule has 1 saturated heterocycles. The summed E-state index contributed by atoms with van der Waals surface area (Å²) in [5.74, 6) is -1.03. The second kappa shape index (κ2) is 6.04. The van der Waals surface area contributed by atoms with Crippen LogP contribution in [0.3, 0.4) is 0 Å². The predicted octanol–water partition coefficient (Wildman–Crippen LogP) is 1.06. The van der Waals surface area contributed by atoms with Crippen molar-refractivity contribution in [3.63, 3.8) is 0 Å². The van der Waals surface area contributed by atoms with E-state index in [1.807, 2.05) is 20.8 Å². The highest BCUT2D eigenvalue weighted by molar-refractivity contribution is 5.78. The molecule has 18 heavy (non-hydrogen) atoms. The number of urea groups is 1. The first-order valence-corrected chi connectivity index (χ1v) is 6.33. The highest BCUT2D eigenvalue weighted by Crippen LogP contribution is 2.15. The van der Waals surface area contributed by atoms with Crippen molar-refractivity contribution in [2.24, 2.45) is 0 Å². The fraction of sp³-hybridized carbons (Fsp3) is 0.833. The van der Waals surface area contributed by atoms with Gasteiger partial charge < -0.3 is 20.1 Å². The summed E-state index contributed by atoms with van der Waals surface area (Å²) < 4.78 is 5.08. The molecule has 1 atom stereocenters. The third-order valence-electron chi connectivity index (χ3n) is 3.60. The van der Waals surface area contributed by atoms with Crippen molar-refractivity contribution < 1.29 is 19.4 Å². The summed E-state index contributed by atoms with van der Waals surface area (Å²) in [6, 6.07) is -0.212. The Balaban J connectivity index is 2.59. The van der Waals surface area contributed by atoms with Crippen molar-refractivity contribution in [3.05, 3.63) is 0 Å².